The number of hydrogen-bond donors (Lipinski definition) is 0. The first-order valence-corrected chi connectivity index (χ1v) is 11.5. The van der Waals surface area contributed by atoms with Crippen LogP contribution in [-0.2, 0) is 17.9 Å². The maximum atomic E-state index is 13.1. The van der Waals surface area contributed by atoms with Crippen molar-refractivity contribution in [2.45, 2.75) is 33.9 Å². The third-order valence-electron chi connectivity index (χ3n) is 5.87. The van der Waals surface area contributed by atoms with Gasteiger partial charge in [0.1, 0.15) is 0 Å². The zero-order valence-corrected chi connectivity index (χ0v) is 20.7. The Hall–Kier alpha value is -3.69. The van der Waals surface area contributed by atoms with E-state index in [1.165, 1.54) is 11.1 Å². The molecule has 0 saturated heterocycles. The summed E-state index contributed by atoms with van der Waals surface area (Å²) in [6, 6.07) is 18.0. The Morgan fingerprint density at radius 1 is 1.00 bits per heavy atom. The number of hydrogen-bond acceptors (Lipinski definition) is 4. The second-order valence-electron chi connectivity index (χ2n) is 8.93. The van der Waals surface area contributed by atoms with E-state index in [2.05, 4.69) is 42.2 Å². The third kappa shape index (κ3) is 6.66. The summed E-state index contributed by atoms with van der Waals surface area (Å²) >= 11 is 0. The van der Waals surface area contributed by atoms with Crippen LogP contribution in [0.1, 0.15) is 39.2 Å². The van der Waals surface area contributed by atoms with E-state index in [0.29, 0.717) is 25.2 Å². The SMILES string of the molecule is Cc1ccc(Cn2nc(C)c(/C=C/C(=O)N(CCN(C)C)Cc3ccc(C#N)cc3)c2C)cc1. The topological polar surface area (TPSA) is 65.2 Å². The average Bonchev–Trinajstić information content (AvgIpc) is 3.08. The Labute approximate surface area is 202 Å². The molecule has 6 heteroatoms. The van der Waals surface area contributed by atoms with Crippen LogP contribution in [0.3, 0.4) is 0 Å². The van der Waals surface area contributed by atoms with Gasteiger partial charge in [-0.25, -0.2) is 0 Å². The van der Waals surface area contributed by atoms with Crippen LogP contribution in [0.25, 0.3) is 6.08 Å². The predicted molar refractivity (Wildman–Crippen MR) is 136 cm³/mol. The molecule has 3 aromatic rings. The molecule has 0 aliphatic rings. The lowest BCUT2D eigenvalue weighted by atomic mass is 10.1. The van der Waals surface area contributed by atoms with Gasteiger partial charge in [-0.3, -0.25) is 9.48 Å². The highest BCUT2D eigenvalue weighted by Crippen LogP contribution is 2.17. The summed E-state index contributed by atoms with van der Waals surface area (Å²) in [5, 5.41) is 13.7. The minimum absolute atomic E-state index is 0.0451. The number of aromatic nitrogens is 2. The smallest absolute Gasteiger partial charge is 0.246 e. The molecule has 6 nitrogen and oxygen atoms in total. The number of carbonyl (C=O) groups excluding carboxylic acids is 1. The van der Waals surface area contributed by atoms with Gasteiger partial charge in [0.05, 0.1) is 23.9 Å². The van der Waals surface area contributed by atoms with Gasteiger partial charge in [0.2, 0.25) is 5.91 Å². The number of nitrogens with zero attached hydrogens (tertiary/aromatic N) is 5. The Morgan fingerprint density at radius 2 is 1.65 bits per heavy atom. The average molecular weight is 456 g/mol. The summed E-state index contributed by atoms with van der Waals surface area (Å²) in [5.41, 5.74) is 6.96. The number of aryl methyl sites for hydroxylation is 2. The monoisotopic (exact) mass is 455 g/mol. The summed E-state index contributed by atoms with van der Waals surface area (Å²) in [5.74, 6) is -0.0451. The lowest BCUT2D eigenvalue weighted by Crippen LogP contribution is -2.35. The number of benzene rings is 2. The zero-order valence-electron chi connectivity index (χ0n) is 20.7. The van der Waals surface area contributed by atoms with Gasteiger partial charge < -0.3 is 9.80 Å². The Balaban J connectivity index is 1.76. The van der Waals surface area contributed by atoms with Gasteiger partial charge in [0.15, 0.2) is 0 Å². The largest absolute Gasteiger partial charge is 0.334 e. The lowest BCUT2D eigenvalue weighted by Gasteiger charge is -2.23. The summed E-state index contributed by atoms with van der Waals surface area (Å²) in [6.45, 7) is 8.66. The summed E-state index contributed by atoms with van der Waals surface area (Å²) in [7, 11) is 3.99. The number of nitriles is 1. The normalized spacial score (nSPS) is 11.2. The Kier molecular flexibility index (Phi) is 8.39. The molecule has 1 amide bonds. The second kappa shape index (κ2) is 11.4. The van der Waals surface area contributed by atoms with E-state index in [-0.39, 0.29) is 5.91 Å². The molecule has 0 spiro atoms. The van der Waals surface area contributed by atoms with Gasteiger partial charge in [-0.05, 0) is 64.2 Å². The molecule has 34 heavy (non-hydrogen) atoms. The van der Waals surface area contributed by atoms with Crippen molar-refractivity contribution < 1.29 is 4.79 Å². The molecule has 3 rings (SSSR count). The molecular weight excluding hydrogens is 422 g/mol. The van der Waals surface area contributed by atoms with E-state index >= 15 is 0 Å². The molecule has 176 valence electrons. The number of rotatable bonds is 9. The van der Waals surface area contributed by atoms with Crippen molar-refractivity contribution in [2.75, 3.05) is 27.2 Å². The molecule has 0 radical (unpaired) electrons. The fourth-order valence-corrected chi connectivity index (χ4v) is 3.73. The van der Waals surface area contributed by atoms with Crippen LogP contribution in [0.15, 0.2) is 54.6 Å². The zero-order chi connectivity index (χ0) is 24.7. The molecule has 0 bridgehead atoms. The van der Waals surface area contributed by atoms with Crippen molar-refractivity contribution in [3.05, 3.63) is 93.8 Å². The van der Waals surface area contributed by atoms with Crippen LogP contribution < -0.4 is 0 Å². The van der Waals surface area contributed by atoms with Gasteiger partial charge in [-0.15, -0.1) is 0 Å². The van der Waals surface area contributed by atoms with Crippen LogP contribution in [0.4, 0.5) is 0 Å². The van der Waals surface area contributed by atoms with E-state index in [0.717, 1.165) is 29.1 Å². The molecule has 1 heterocycles. The molecule has 0 fully saturated rings. The second-order valence-corrected chi connectivity index (χ2v) is 8.93. The highest BCUT2D eigenvalue weighted by Gasteiger charge is 2.14. The summed E-state index contributed by atoms with van der Waals surface area (Å²) < 4.78 is 1.99. The van der Waals surface area contributed by atoms with E-state index in [9.17, 15) is 4.79 Å². The van der Waals surface area contributed by atoms with E-state index in [1.807, 2.05) is 55.7 Å². The van der Waals surface area contributed by atoms with Crippen molar-refractivity contribution in [3.8, 4) is 6.07 Å². The van der Waals surface area contributed by atoms with Gasteiger partial charge in [0.25, 0.3) is 0 Å². The quantitative estimate of drug-likeness (QED) is 0.451. The number of carbonyl (C=O) groups is 1. The molecule has 0 unspecified atom stereocenters. The first kappa shape index (κ1) is 24.9. The van der Waals surface area contributed by atoms with Crippen LogP contribution in [0.2, 0.25) is 0 Å². The first-order valence-electron chi connectivity index (χ1n) is 11.5. The van der Waals surface area contributed by atoms with Crippen molar-refractivity contribution in [3.63, 3.8) is 0 Å². The standard InChI is InChI=1S/C28H33N5O/c1-21-6-8-26(9-7-21)20-33-23(3)27(22(2)30-33)14-15-28(34)32(17-16-31(4)5)19-25-12-10-24(18-29)11-13-25/h6-15H,16-17,19-20H2,1-5H3/b15-14+. The number of likely N-dealkylation sites (N-methyl/N-ethyl adjacent to an activating group) is 1. The van der Waals surface area contributed by atoms with Gasteiger partial charge in [0, 0.05) is 37.0 Å². The van der Waals surface area contributed by atoms with Crippen LogP contribution in [-0.4, -0.2) is 52.7 Å². The van der Waals surface area contributed by atoms with Crippen molar-refractivity contribution in [1.82, 2.24) is 19.6 Å². The van der Waals surface area contributed by atoms with E-state index in [1.54, 1.807) is 18.2 Å². The molecule has 0 aliphatic heterocycles. The molecule has 0 N–H and O–H groups in total. The molecule has 0 aliphatic carbocycles. The molecular formula is C28H33N5O. The van der Waals surface area contributed by atoms with Crippen LogP contribution in [0, 0.1) is 32.1 Å². The minimum atomic E-state index is -0.0451. The lowest BCUT2D eigenvalue weighted by molar-refractivity contribution is -0.126. The van der Waals surface area contributed by atoms with Crippen molar-refractivity contribution >= 4 is 12.0 Å². The molecule has 0 saturated carbocycles. The number of amides is 1. The van der Waals surface area contributed by atoms with Gasteiger partial charge in [-0.1, -0.05) is 42.0 Å². The van der Waals surface area contributed by atoms with Crippen molar-refractivity contribution in [2.24, 2.45) is 0 Å². The molecule has 2 aromatic carbocycles. The molecule has 0 atom stereocenters. The summed E-state index contributed by atoms with van der Waals surface area (Å²) in [4.78, 5) is 17.0. The maximum Gasteiger partial charge on any atom is 0.246 e. The van der Waals surface area contributed by atoms with Gasteiger partial charge in [-0.2, -0.15) is 10.4 Å². The molecule has 1 aromatic heterocycles. The van der Waals surface area contributed by atoms with E-state index < -0.39 is 0 Å². The first-order chi connectivity index (χ1) is 16.3. The maximum absolute atomic E-state index is 13.1. The minimum Gasteiger partial charge on any atom is -0.334 e. The summed E-state index contributed by atoms with van der Waals surface area (Å²) in [6.07, 6.45) is 3.53. The van der Waals surface area contributed by atoms with Crippen molar-refractivity contribution in [1.29, 1.82) is 5.26 Å². The van der Waals surface area contributed by atoms with Gasteiger partial charge >= 0.3 is 0 Å². The predicted octanol–water partition coefficient (Wildman–Crippen LogP) is 4.33. The third-order valence-corrected chi connectivity index (χ3v) is 5.87. The van der Waals surface area contributed by atoms with Crippen LogP contribution in [0.5, 0.6) is 0 Å². The van der Waals surface area contributed by atoms with E-state index in [4.69, 9.17) is 10.4 Å². The fraction of sp³-hybridized carbons (Fsp3) is 0.321. The highest BCUT2D eigenvalue weighted by atomic mass is 16.2. The highest BCUT2D eigenvalue weighted by molar-refractivity contribution is 5.92. The Bertz CT molecular complexity index is 1180. The van der Waals surface area contributed by atoms with Crippen LogP contribution >= 0.6 is 0 Å². The fourth-order valence-electron chi connectivity index (χ4n) is 3.73. The Morgan fingerprint density at radius 3 is 2.26 bits per heavy atom.